The molecular formula is C22H20FN3O7. The molecule has 3 rings (SSSR count). The maximum Gasteiger partial charge on any atom is 0.329 e. The summed E-state index contributed by atoms with van der Waals surface area (Å²) in [7, 11) is 2.55. The van der Waals surface area contributed by atoms with Crippen LogP contribution in [0.5, 0.6) is 11.5 Å². The highest BCUT2D eigenvalue weighted by Crippen LogP contribution is 2.29. The highest BCUT2D eigenvalue weighted by molar-refractivity contribution is 6.15. The maximum absolute atomic E-state index is 12.9. The molecule has 0 unspecified atom stereocenters. The van der Waals surface area contributed by atoms with Gasteiger partial charge in [0.15, 0.2) is 18.1 Å². The Labute approximate surface area is 187 Å². The second-order valence-electron chi connectivity index (χ2n) is 6.71. The van der Waals surface area contributed by atoms with Crippen LogP contribution in [0, 0.1) is 5.82 Å². The normalized spacial score (nSPS) is 14.2. The molecule has 1 heterocycles. The second kappa shape index (κ2) is 10.3. The molecule has 11 heteroatoms. The third kappa shape index (κ3) is 5.85. The average Bonchev–Trinajstić information content (AvgIpc) is 3.06. The van der Waals surface area contributed by atoms with Crippen LogP contribution in [0.15, 0.2) is 48.2 Å². The van der Waals surface area contributed by atoms with Gasteiger partial charge in [0.1, 0.15) is 18.1 Å². The van der Waals surface area contributed by atoms with Gasteiger partial charge in [-0.05, 0) is 48.0 Å². The van der Waals surface area contributed by atoms with Crippen LogP contribution in [0.3, 0.4) is 0 Å². The first kappa shape index (κ1) is 23.3. The van der Waals surface area contributed by atoms with Gasteiger partial charge in [-0.3, -0.25) is 14.4 Å². The molecule has 0 atom stereocenters. The van der Waals surface area contributed by atoms with Gasteiger partial charge < -0.3 is 24.8 Å². The number of carbonyl (C=O) groups excluding carboxylic acids is 4. The predicted molar refractivity (Wildman–Crippen MR) is 114 cm³/mol. The van der Waals surface area contributed by atoms with Crippen LogP contribution in [0.4, 0.5) is 14.9 Å². The van der Waals surface area contributed by atoms with E-state index in [0.717, 1.165) is 12.0 Å². The van der Waals surface area contributed by atoms with E-state index < -0.39 is 36.2 Å². The molecule has 172 valence electrons. The summed E-state index contributed by atoms with van der Waals surface area (Å²) in [6.45, 7) is -0.834. The van der Waals surface area contributed by atoms with Gasteiger partial charge in [0.2, 0.25) is 0 Å². The van der Waals surface area contributed by atoms with Crippen molar-refractivity contribution in [3.63, 3.8) is 0 Å². The highest BCUT2D eigenvalue weighted by atomic mass is 19.1. The molecule has 2 N–H and O–H groups in total. The average molecular weight is 457 g/mol. The number of nitrogens with zero attached hydrogens (tertiary/aromatic N) is 1. The third-order valence-corrected chi connectivity index (χ3v) is 4.46. The largest absolute Gasteiger partial charge is 0.493 e. The van der Waals surface area contributed by atoms with E-state index in [2.05, 4.69) is 15.4 Å². The van der Waals surface area contributed by atoms with Crippen molar-refractivity contribution in [2.45, 2.75) is 0 Å². The SMILES string of the molecule is COC(=O)CN1C(=O)N/C(=C/c2ccc(OCC(=O)Nc3ccc(F)cc3)c(OC)c2)C1=O. The first-order chi connectivity index (χ1) is 15.8. The fraction of sp³-hybridized carbons (Fsp3) is 0.182. The summed E-state index contributed by atoms with van der Waals surface area (Å²) < 4.78 is 28.2. The Hall–Kier alpha value is -4.41. The molecule has 4 amide bonds. The maximum atomic E-state index is 12.9. The molecule has 0 spiro atoms. The van der Waals surface area contributed by atoms with E-state index in [9.17, 15) is 23.6 Å². The number of hydrogen-bond acceptors (Lipinski definition) is 7. The first-order valence-electron chi connectivity index (χ1n) is 9.58. The first-order valence-corrected chi connectivity index (χ1v) is 9.58. The van der Waals surface area contributed by atoms with Crippen LogP contribution in [-0.4, -0.2) is 56.1 Å². The Balaban J connectivity index is 1.66. The lowest BCUT2D eigenvalue weighted by Gasteiger charge is -2.12. The van der Waals surface area contributed by atoms with Gasteiger partial charge in [0.05, 0.1) is 14.2 Å². The summed E-state index contributed by atoms with van der Waals surface area (Å²) in [5, 5.41) is 4.96. The van der Waals surface area contributed by atoms with E-state index in [4.69, 9.17) is 9.47 Å². The van der Waals surface area contributed by atoms with Crippen molar-refractivity contribution in [3.05, 3.63) is 59.5 Å². The number of halogens is 1. The van der Waals surface area contributed by atoms with E-state index in [1.165, 1.54) is 43.5 Å². The van der Waals surface area contributed by atoms with Crippen molar-refractivity contribution in [1.82, 2.24) is 10.2 Å². The molecule has 0 radical (unpaired) electrons. The van der Waals surface area contributed by atoms with E-state index >= 15 is 0 Å². The van der Waals surface area contributed by atoms with Gasteiger partial charge in [-0.15, -0.1) is 0 Å². The molecule has 1 aliphatic rings. The molecule has 2 aromatic rings. The quantitative estimate of drug-likeness (QED) is 0.353. The number of esters is 1. The summed E-state index contributed by atoms with van der Waals surface area (Å²) in [4.78, 5) is 48.5. The van der Waals surface area contributed by atoms with Gasteiger partial charge in [-0.25, -0.2) is 14.1 Å². The van der Waals surface area contributed by atoms with E-state index in [-0.39, 0.29) is 23.8 Å². The zero-order chi connectivity index (χ0) is 24.0. The second-order valence-corrected chi connectivity index (χ2v) is 6.71. The molecule has 0 saturated carbocycles. The fourth-order valence-corrected chi connectivity index (χ4v) is 2.84. The number of methoxy groups -OCH3 is 2. The Kier molecular flexibility index (Phi) is 7.24. The number of ether oxygens (including phenoxy) is 3. The topological polar surface area (TPSA) is 123 Å². The number of benzene rings is 2. The molecule has 1 fully saturated rings. The number of rotatable bonds is 8. The minimum absolute atomic E-state index is 0.0294. The molecular weight excluding hydrogens is 437 g/mol. The Bertz CT molecular complexity index is 1120. The fourth-order valence-electron chi connectivity index (χ4n) is 2.84. The number of nitrogens with one attached hydrogen (secondary N) is 2. The van der Waals surface area contributed by atoms with Crippen LogP contribution in [0.2, 0.25) is 0 Å². The number of urea groups is 1. The summed E-state index contributed by atoms with van der Waals surface area (Å²) >= 11 is 0. The monoisotopic (exact) mass is 457 g/mol. The van der Waals surface area contributed by atoms with Crippen LogP contribution in [0.1, 0.15) is 5.56 Å². The zero-order valence-electron chi connectivity index (χ0n) is 17.7. The Morgan fingerprint density at radius 1 is 1.09 bits per heavy atom. The van der Waals surface area contributed by atoms with Gasteiger partial charge in [0.25, 0.3) is 11.8 Å². The van der Waals surface area contributed by atoms with Gasteiger partial charge in [0, 0.05) is 5.69 Å². The van der Waals surface area contributed by atoms with Gasteiger partial charge in [-0.2, -0.15) is 0 Å². The molecule has 33 heavy (non-hydrogen) atoms. The number of imide groups is 1. The highest BCUT2D eigenvalue weighted by Gasteiger charge is 2.35. The Morgan fingerprint density at radius 3 is 2.48 bits per heavy atom. The van der Waals surface area contributed by atoms with Crippen molar-refractivity contribution in [2.75, 3.05) is 32.7 Å². The van der Waals surface area contributed by atoms with Gasteiger partial charge in [-0.1, -0.05) is 6.07 Å². The van der Waals surface area contributed by atoms with Crippen LogP contribution in [0.25, 0.3) is 6.08 Å². The van der Waals surface area contributed by atoms with Crippen molar-refractivity contribution in [3.8, 4) is 11.5 Å². The van der Waals surface area contributed by atoms with Crippen molar-refractivity contribution < 1.29 is 37.8 Å². The van der Waals surface area contributed by atoms with Crippen LogP contribution in [-0.2, 0) is 19.1 Å². The summed E-state index contributed by atoms with van der Waals surface area (Å²) in [6.07, 6.45) is 1.41. The van der Waals surface area contributed by atoms with Crippen molar-refractivity contribution in [1.29, 1.82) is 0 Å². The summed E-state index contributed by atoms with van der Waals surface area (Å²) in [5.41, 5.74) is 0.889. The summed E-state index contributed by atoms with van der Waals surface area (Å²) in [6, 6.07) is 9.21. The third-order valence-electron chi connectivity index (χ3n) is 4.46. The van der Waals surface area contributed by atoms with Crippen molar-refractivity contribution >= 4 is 35.6 Å². The van der Waals surface area contributed by atoms with E-state index in [0.29, 0.717) is 11.3 Å². The minimum atomic E-state index is -0.740. The van der Waals surface area contributed by atoms with Crippen molar-refractivity contribution in [2.24, 2.45) is 0 Å². The zero-order valence-corrected chi connectivity index (χ0v) is 17.7. The van der Waals surface area contributed by atoms with E-state index in [1.807, 2.05) is 0 Å². The molecule has 0 aliphatic carbocycles. The molecule has 0 bridgehead atoms. The molecule has 0 aromatic heterocycles. The number of carbonyl (C=O) groups is 4. The lowest BCUT2D eigenvalue weighted by Crippen LogP contribution is -2.36. The molecule has 2 aromatic carbocycles. The van der Waals surface area contributed by atoms with Crippen LogP contribution >= 0.6 is 0 Å². The number of hydrogen-bond donors (Lipinski definition) is 2. The molecule has 1 saturated heterocycles. The minimum Gasteiger partial charge on any atom is -0.493 e. The number of anilines is 1. The Morgan fingerprint density at radius 2 is 1.82 bits per heavy atom. The predicted octanol–water partition coefficient (Wildman–Crippen LogP) is 1.92. The number of amides is 4. The smallest absolute Gasteiger partial charge is 0.329 e. The molecule has 10 nitrogen and oxygen atoms in total. The standard InChI is InChI=1S/C22H20FN3O7/c1-31-18-10-13(9-16-21(29)26(22(30)25-16)11-20(28)32-2)3-8-17(18)33-12-19(27)24-15-6-4-14(23)5-7-15/h3-10H,11-12H2,1-2H3,(H,24,27)(H,25,30)/b16-9+. The summed E-state index contributed by atoms with van der Waals surface area (Å²) in [5.74, 6) is -1.74. The van der Waals surface area contributed by atoms with Crippen LogP contribution < -0.4 is 20.1 Å². The molecule has 1 aliphatic heterocycles. The lowest BCUT2D eigenvalue weighted by molar-refractivity contribution is -0.143. The lowest BCUT2D eigenvalue weighted by atomic mass is 10.1. The van der Waals surface area contributed by atoms with Gasteiger partial charge >= 0.3 is 12.0 Å². The van der Waals surface area contributed by atoms with E-state index in [1.54, 1.807) is 12.1 Å².